The molecule has 0 aromatic carbocycles. The van der Waals surface area contributed by atoms with E-state index in [9.17, 15) is 10.2 Å². The first-order chi connectivity index (χ1) is 13.5. The Morgan fingerprint density at radius 3 is 2.89 bits per heavy atom. The molecule has 3 N–H and O–H groups in total. The number of aliphatic hydroxyl groups is 2. The third-order valence-corrected chi connectivity index (χ3v) is 5.61. The first-order valence-electron chi connectivity index (χ1n) is 9.04. The quantitative estimate of drug-likeness (QED) is 0.464. The van der Waals surface area contributed by atoms with Gasteiger partial charge < -0.3 is 25.1 Å². The molecule has 3 unspecified atom stereocenters. The smallest absolute Gasteiger partial charge is 0.226 e. The van der Waals surface area contributed by atoms with Gasteiger partial charge in [-0.3, -0.25) is 4.57 Å². The SMILES string of the molecule is COC1CCCN(Nc2nc(Cl)nc3c2ncn3[C@@H]2O[C@H](CCl)C(O)C2O)C1. The molecule has 0 amide bonds. The molecule has 0 saturated carbocycles. The summed E-state index contributed by atoms with van der Waals surface area (Å²) in [5.41, 5.74) is 4.10. The number of hydrogen-bond acceptors (Lipinski definition) is 9. The van der Waals surface area contributed by atoms with E-state index in [1.54, 1.807) is 7.11 Å². The summed E-state index contributed by atoms with van der Waals surface area (Å²) in [6.07, 6.45) is -0.227. The number of hydrogen-bond donors (Lipinski definition) is 3. The average molecular weight is 433 g/mol. The number of methoxy groups -OCH3 is 1. The van der Waals surface area contributed by atoms with Crippen molar-refractivity contribution in [2.75, 3.05) is 31.5 Å². The summed E-state index contributed by atoms with van der Waals surface area (Å²) in [4.78, 5) is 12.9. The van der Waals surface area contributed by atoms with Gasteiger partial charge in [-0.1, -0.05) is 0 Å². The first-order valence-corrected chi connectivity index (χ1v) is 9.95. The number of piperidine rings is 1. The largest absolute Gasteiger partial charge is 0.387 e. The van der Waals surface area contributed by atoms with E-state index in [0.29, 0.717) is 23.5 Å². The van der Waals surface area contributed by atoms with Crippen LogP contribution in [0.25, 0.3) is 11.2 Å². The maximum atomic E-state index is 10.3. The van der Waals surface area contributed by atoms with Crippen molar-refractivity contribution in [2.45, 2.75) is 43.5 Å². The fourth-order valence-electron chi connectivity index (χ4n) is 3.62. The van der Waals surface area contributed by atoms with E-state index in [2.05, 4.69) is 20.4 Å². The van der Waals surface area contributed by atoms with Crippen molar-refractivity contribution >= 4 is 40.2 Å². The fraction of sp³-hybridized carbons (Fsp3) is 0.688. The molecule has 10 nitrogen and oxygen atoms in total. The zero-order valence-electron chi connectivity index (χ0n) is 15.2. The summed E-state index contributed by atoms with van der Waals surface area (Å²) in [5.74, 6) is 0.506. The summed E-state index contributed by atoms with van der Waals surface area (Å²) in [6, 6.07) is 0. The Bertz CT molecular complexity index is 839. The summed E-state index contributed by atoms with van der Waals surface area (Å²) in [7, 11) is 1.70. The van der Waals surface area contributed by atoms with E-state index in [4.69, 9.17) is 32.7 Å². The second-order valence-electron chi connectivity index (χ2n) is 6.92. The lowest BCUT2D eigenvalue weighted by molar-refractivity contribution is -0.0291. The molecule has 0 spiro atoms. The predicted octanol–water partition coefficient (Wildman–Crippen LogP) is 0.775. The zero-order valence-corrected chi connectivity index (χ0v) is 16.7. The van der Waals surface area contributed by atoms with E-state index < -0.39 is 24.5 Å². The highest BCUT2D eigenvalue weighted by Crippen LogP contribution is 2.33. The van der Waals surface area contributed by atoms with Crippen LogP contribution in [0.1, 0.15) is 19.1 Å². The van der Waals surface area contributed by atoms with Gasteiger partial charge in [0.1, 0.15) is 18.3 Å². The maximum Gasteiger partial charge on any atom is 0.226 e. The molecule has 4 heterocycles. The Hall–Kier alpha value is -1.27. The topological polar surface area (TPSA) is 118 Å². The summed E-state index contributed by atoms with van der Waals surface area (Å²) in [6.45, 7) is 1.53. The number of aromatic nitrogens is 4. The van der Waals surface area contributed by atoms with Gasteiger partial charge in [0.15, 0.2) is 23.2 Å². The highest BCUT2D eigenvalue weighted by Gasteiger charge is 2.44. The van der Waals surface area contributed by atoms with Crippen molar-refractivity contribution in [1.82, 2.24) is 24.5 Å². The third kappa shape index (κ3) is 3.65. The van der Waals surface area contributed by atoms with E-state index in [-0.39, 0.29) is 17.3 Å². The van der Waals surface area contributed by atoms with Crippen molar-refractivity contribution in [1.29, 1.82) is 0 Å². The van der Waals surface area contributed by atoms with E-state index in [1.807, 2.05) is 5.01 Å². The van der Waals surface area contributed by atoms with Gasteiger partial charge in [-0.25, -0.2) is 9.99 Å². The molecule has 12 heteroatoms. The molecule has 2 aliphatic rings. The number of aliphatic hydroxyl groups excluding tert-OH is 2. The number of imidazole rings is 1. The Balaban J connectivity index is 1.64. The molecule has 2 aromatic rings. The summed E-state index contributed by atoms with van der Waals surface area (Å²) >= 11 is 11.9. The normalized spacial score (nSPS) is 31.5. The van der Waals surface area contributed by atoms with Crippen molar-refractivity contribution in [3.05, 3.63) is 11.6 Å². The van der Waals surface area contributed by atoms with Gasteiger partial charge in [0, 0.05) is 20.2 Å². The van der Waals surface area contributed by atoms with Crippen LogP contribution in [0.15, 0.2) is 6.33 Å². The second-order valence-corrected chi connectivity index (χ2v) is 7.57. The van der Waals surface area contributed by atoms with Gasteiger partial charge in [0.2, 0.25) is 5.28 Å². The molecule has 0 bridgehead atoms. The number of halogens is 2. The molecular formula is C16H22Cl2N6O4. The molecular weight excluding hydrogens is 411 g/mol. The summed E-state index contributed by atoms with van der Waals surface area (Å²) in [5, 5.41) is 22.5. The zero-order chi connectivity index (χ0) is 19.8. The van der Waals surface area contributed by atoms with Crippen LogP contribution in [-0.2, 0) is 9.47 Å². The Morgan fingerprint density at radius 2 is 2.18 bits per heavy atom. The number of nitrogens with zero attached hydrogens (tertiary/aromatic N) is 5. The average Bonchev–Trinajstić information content (AvgIpc) is 3.23. The number of nitrogens with one attached hydrogen (secondary N) is 1. The molecule has 4 rings (SSSR count). The molecule has 154 valence electrons. The minimum atomic E-state index is -1.17. The van der Waals surface area contributed by atoms with Crippen LogP contribution >= 0.6 is 23.2 Å². The highest BCUT2D eigenvalue weighted by molar-refractivity contribution is 6.28. The Labute approximate surface area is 171 Å². The summed E-state index contributed by atoms with van der Waals surface area (Å²) < 4.78 is 12.7. The van der Waals surface area contributed by atoms with E-state index in [0.717, 1.165) is 19.4 Å². The first kappa shape index (κ1) is 20.0. The number of fused-ring (bicyclic) bond motifs is 1. The van der Waals surface area contributed by atoms with Gasteiger partial charge in [-0.2, -0.15) is 9.97 Å². The fourth-order valence-corrected chi connectivity index (χ4v) is 4.04. The molecule has 0 radical (unpaired) electrons. The third-order valence-electron chi connectivity index (χ3n) is 5.13. The number of rotatable bonds is 5. The molecule has 0 aliphatic carbocycles. The number of anilines is 1. The lowest BCUT2D eigenvalue weighted by atomic mass is 10.1. The lowest BCUT2D eigenvalue weighted by Gasteiger charge is -2.32. The predicted molar refractivity (Wildman–Crippen MR) is 102 cm³/mol. The van der Waals surface area contributed by atoms with Crippen LogP contribution in [0.3, 0.4) is 0 Å². The molecule has 2 saturated heterocycles. The Morgan fingerprint density at radius 1 is 1.36 bits per heavy atom. The Kier molecular flexibility index (Phi) is 5.88. The van der Waals surface area contributed by atoms with E-state index in [1.165, 1.54) is 10.9 Å². The van der Waals surface area contributed by atoms with Crippen LogP contribution in [0.4, 0.5) is 5.82 Å². The minimum absolute atomic E-state index is 0.0268. The van der Waals surface area contributed by atoms with Crippen molar-refractivity contribution in [3.8, 4) is 0 Å². The number of ether oxygens (including phenoxy) is 2. The van der Waals surface area contributed by atoms with Crippen molar-refractivity contribution in [3.63, 3.8) is 0 Å². The van der Waals surface area contributed by atoms with Gasteiger partial charge in [-0.15, -0.1) is 11.6 Å². The highest BCUT2D eigenvalue weighted by atomic mass is 35.5. The van der Waals surface area contributed by atoms with Gasteiger partial charge in [0.25, 0.3) is 0 Å². The van der Waals surface area contributed by atoms with Crippen molar-refractivity contribution in [2.24, 2.45) is 0 Å². The molecule has 5 atom stereocenters. The van der Waals surface area contributed by atoms with Gasteiger partial charge in [0.05, 0.1) is 18.3 Å². The monoisotopic (exact) mass is 432 g/mol. The van der Waals surface area contributed by atoms with Crippen molar-refractivity contribution < 1.29 is 19.7 Å². The standard InChI is InChI=1S/C16H22Cl2N6O4/c1-27-8-3-2-4-23(6-8)22-13-10-14(21-16(18)20-13)24(7-19-10)15-12(26)11(25)9(5-17)28-15/h7-9,11-12,15,25-26H,2-6H2,1H3,(H,20,21,22)/t8?,9-,11?,12?,15-/m1/s1. The van der Waals surface area contributed by atoms with E-state index >= 15 is 0 Å². The van der Waals surface area contributed by atoms with Crippen LogP contribution in [0.2, 0.25) is 5.28 Å². The van der Waals surface area contributed by atoms with Crippen LogP contribution in [-0.4, -0.2) is 85.2 Å². The lowest BCUT2D eigenvalue weighted by Crippen LogP contribution is -2.42. The van der Waals surface area contributed by atoms with Crippen LogP contribution < -0.4 is 5.43 Å². The molecule has 2 aromatic heterocycles. The second kappa shape index (κ2) is 8.23. The van der Waals surface area contributed by atoms with Gasteiger partial charge in [-0.05, 0) is 24.4 Å². The number of hydrazine groups is 1. The molecule has 28 heavy (non-hydrogen) atoms. The minimum Gasteiger partial charge on any atom is -0.387 e. The number of alkyl halides is 1. The van der Waals surface area contributed by atoms with Gasteiger partial charge >= 0.3 is 0 Å². The molecule has 2 aliphatic heterocycles. The molecule has 2 fully saturated rings. The maximum absolute atomic E-state index is 10.3. The van der Waals surface area contributed by atoms with Crippen LogP contribution in [0.5, 0.6) is 0 Å². The van der Waals surface area contributed by atoms with Crippen LogP contribution in [0, 0.1) is 0 Å².